The molecule has 1 fully saturated rings. The number of hydrogen-bond donors (Lipinski definition) is 0. The predicted octanol–water partition coefficient (Wildman–Crippen LogP) is 6.96. The van der Waals surface area contributed by atoms with Crippen LogP contribution < -0.4 is 0 Å². The molecular formula is C21H36. The average molecular weight is 289 g/mol. The van der Waals surface area contributed by atoms with E-state index < -0.39 is 0 Å². The van der Waals surface area contributed by atoms with Gasteiger partial charge in [0.1, 0.15) is 0 Å². The van der Waals surface area contributed by atoms with E-state index in [1.165, 1.54) is 54.4 Å². The Kier molecular flexibility index (Phi) is 7.49. The predicted molar refractivity (Wildman–Crippen MR) is 96.2 cm³/mol. The third-order valence-corrected chi connectivity index (χ3v) is 4.91. The van der Waals surface area contributed by atoms with Gasteiger partial charge in [-0.25, -0.2) is 0 Å². The fraction of sp³-hybridized carbons (Fsp3) is 0.714. The molecule has 0 unspecified atom stereocenters. The van der Waals surface area contributed by atoms with Crippen molar-refractivity contribution in [2.45, 2.75) is 86.5 Å². The highest BCUT2D eigenvalue weighted by Gasteiger charge is 2.15. The zero-order valence-electron chi connectivity index (χ0n) is 15.4. The van der Waals surface area contributed by atoms with Crippen molar-refractivity contribution in [3.8, 4) is 0 Å². The van der Waals surface area contributed by atoms with Gasteiger partial charge in [-0.2, -0.15) is 0 Å². The zero-order chi connectivity index (χ0) is 16.0. The van der Waals surface area contributed by atoms with E-state index in [4.69, 9.17) is 0 Å². The van der Waals surface area contributed by atoms with E-state index in [0.717, 1.165) is 11.8 Å². The summed E-state index contributed by atoms with van der Waals surface area (Å²) in [4.78, 5) is 0. The minimum absolute atomic E-state index is 0.644. The van der Waals surface area contributed by atoms with Gasteiger partial charge in [0.25, 0.3) is 0 Å². The number of aryl methyl sites for hydroxylation is 3. The standard InChI is InChI=1S/C12H18.C9H18/c1-8(2)12-10(4)6-9(3)7-11(12)5;1-8(2)9-6-4-3-5-7-9/h6-8H,1-5H3;8-9H,3-7H2,1-2H3. The highest BCUT2D eigenvalue weighted by molar-refractivity contribution is 5.39. The van der Waals surface area contributed by atoms with Gasteiger partial charge in [-0.05, 0) is 55.2 Å². The van der Waals surface area contributed by atoms with Crippen molar-refractivity contribution in [2.75, 3.05) is 0 Å². The molecule has 0 heterocycles. The van der Waals surface area contributed by atoms with Crippen LogP contribution in [0.4, 0.5) is 0 Å². The summed E-state index contributed by atoms with van der Waals surface area (Å²) >= 11 is 0. The van der Waals surface area contributed by atoms with Gasteiger partial charge in [0.15, 0.2) is 0 Å². The molecule has 1 saturated carbocycles. The summed E-state index contributed by atoms with van der Waals surface area (Å²) in [5.74, 6) is 2.63. The van der Waals surface area contributed by atoms with Crippen LogP contribution in [0, 0.1) is 32.6 Å². The molecule has 0 aliphatic heterocycles. The Balaban J connectivity index is 0.000000219. The Morgan fingerprint density at radius 3 is 1.62 bits per heavy atom. The quantitative estimate of drug-likeness (QED) is 0.552. The lowest BCUT2D eigenvalue weighted by molar-refractivity contribution is 0.279. The van der Waals surface area contributed by atoms with Gasteiger partial charge in [-0.1, -0.05) is 77.5 Å². The first-order valence-electron chi connectivity index (χ1n) is 8.90. The molecule has 1 aliphatic carbocycles. The second-order valence-corrected chi connectivity index (χ2v) is 7.61. The fourth-order valence-corrected chi connectivity index (χ4v) is 3.90. The Morgan fingerprint density at radius 2 is 1.29 bits per heavy atom. The third kappa shape index (κ3) is 5.85. The second-order valence-electron chi connectivity index (χ2n) is 7.61. The van der Waals surface area contributed by atoms with Crippen LogP contribution in [0.5, 0.6) is 0 Å². The monoisotopic (exact) mass is 288 g/mol. The lowest BCUT2D eigenvalue weighted by Gasteiger charge is -2.24. The Bertz CT molecular complexity index is 397. The van der Waals surface area contributed by atoms with Crippen LogP contribution in [0.15, 0.2) is 12.1 Å². The van der Waals surface area contributed by atoms with E-state index in [1.54, 1.807) is 0 Å². The molecule has 1 aromatic carbocycles. The molecular weight excluding hydrogens is 252 g/mol. The average Bonchev–Trinajstić information content (AvgIpc) is 2.38. The molecule has 0 radical (unpaired) electrons. The lowest BCUT2D eigenvalue weighted by atomic mass is 9.82. The summed E-state index contributed by atoms with van der Waals surface area (Å²) in [7, 11) is 0. The van der Waals surface area contributed by atoms with E-state index >= 15 is 0 Å². The third-order valence-electron chi connectivity index (χ3n) is 4.91. The summed E-state index contributed by atoms with van der Waals surface area (Å²) in [5, 5.41) is 0. The summed E-state index contributed by atoms with van der Waals surface area (Å²) in [6, 6.07) is 4.53. The van der Waals surface area contributed by atoms with E-state index in [-0.39, 0.29) is 0 Å². The first kappa shape index (κ1) is 18.3. The lowest BCUT2D eigenvalue weighted by Crippen LogP contribution is -2.12. The minimum Gasteiger partial charge on any atom is -0.0625 e. The van der Waals surface area contributed by atoms with Crippen LogP contribution in [-0.4, -0.2) is 0 Å². The van der Waals surface area contributed by atoms with Crippen LogP contribution >= 0.6 is 0 Å². The normalized spacial score (nSPS) is 16.0. The van der Waals surface area contributed by atoms with Crippen LogP contribution in [-0.2, 0) is 0 Å². The van der Waals surface area contributed by atoms with E-state index in [0.29, 0.717) is 5.92 Å². The molecule has 0 atom stereocenters. The van der Waals surface area contributed by atoms with Crippen molar-refractivity contribution in [3.05, 3.63) is 34.4 Å². The highest BCUT2D eigenvalue weighted by atomic mass is 14.2. The van der Waals surface area contributed by atoms with E-state index in [1.807, 2.05) is 0 Å². The molecule has 1 aliphatic rings. The summed E-state index contributed by atoms with van der Waals surface area (Å²) in [6.07, 6.45) is 7.46. The Morgan fingerprint density at radius 1 is 0.810 bits per heavy atom. The van der Waals surface area contributed by atoms with Gasteiger partial charge in [0.2, 0.25) is 0 Å². The van der Waals surface area contributed by atoms with Crippen LogP contribution in [0.25, 0.3) is 0 Å². The largest absolute Gasteiger partial charge is 0.0625 e. The van der Waals surface area contributed by atoms with Crippen molar-refractivity contribution in [3.63, 3.8) is 0 Å². The zero-order valence-corrected chi connectivity index (χ0v) is 15.4. The maximum atomic E-state index is 2.36. The molecule has 0 amide bonds. The van der Waals surface area contributed by atoms with Gasteiger partial charge in [0, 0.05) is 0 Å². The molecule has 21 heavy (non-hydrogen) atoms. The fourth-order valence-electron chi connectivity index (χ4n) is 3.90. The second kappa shape index (κ2) is 8.61. The summed E-state index contributed by atoms with van der Waals surface area (Å²) in [5.41, 5.74) is 5.75. The van der Waals surface area contributed by atoms with Gasteiger partial charge in [-0.3, -0.25) is 0 Å². The van der Waals surface area contributed by atoms with Crippen LogP contribution in [0.1, 0.15) is 88.0 Å². The number of hydrogen-bond acceptors (Lipinski definition) is 0. The molecule has 0 nitrogen and oxygen atoms in total. The first-order chi connectivity index (χ1) is 9.82. The van der Waals surface area contributed by atoms with Crippen molar-refractivity contribution in [1.29, 1.82) is 0 Å². The maximum Gasteiger partial charge on any atom is -0.0214 e. The van der Waals surface area contributed by atoms with Crippen molar-refractivity contribution in [1.82, 2.24) is 0 Å². The summed E-state index contributed by atoms with van der Waals surface area (Å²) < 4.78 is 0. The smallest absolute Gasteiger partial charge is 0.0214 e. The van der Waals surface area contributed by atoms with Gasteiger partial charge >= 0.3 is 0 Å². The molecule has 120 valence electrons. The molecule has 0 spiro atoms. The molecule has 0 aromatic heterocycles. The van der Waals surface area contributed by atoms with Crippen molar-refractivity contribution in [2.24, 2.45) is 11.8 Å². The van der Waals surface area contributed by atoms with Gasteiger partial charge in [0.05, 0.1) is 0 Å². The number of benzene rings is 1. The first-order valence-corrected chi connectivity index (χ1v) is 8.90. The van der Waals surface area contributed by atoms with Crippen molar-refractivity contribution < 1.29 is 0 Å². The molecule has 0 N–H and O–H groups in total. The molecule has 1 aromatic rings. The van der Waals surface area contributed by atoms with Crippen LogP contribution in [0.2, 0.25) is 0 Å². The Labute approximate surface area is 133 Å². The minimum atomic E-state index is 0.644. The van der Waals surface area contributed by atoms with Gasteiger partial charge in [-0.15, -0.1) is 0 Å². The number of rotatable bonds is 2. The SMILES string of the molecule is CC(C)C1CCCCC1.Cc1cc(C)c(C(C)C)c(C)c1. The maximum absolute atomic E-state index is 2.36. The summed E-state index contributed by atoms with van der Waals surface area (Å²) in [6.45, 7) is 15.8. The highest BCUT2D eigenvalue weighted by Crippen LogP contribution is 2.29. The topological polar surface area (TPSA) is 0 Å². The van der Waals surface area contributed by atoms with Crippen molar-refractivity contribution >= 4 is 0 Å². The van der Waals surface area contributed by atoms with E-state index in [9.17, 15) is 0 Å². The van der Waals surface area contributed by atoms with Crippen LogP contribution in [0.3, 0.4) is 0 Å². The van der Waals surface area contributed by atoms with E-state index in [2.05, 4.69) is 60.6 Å². The molecule has 0 heteroatoms. The van der Waals surface area contributed by atoms with Gasteiger partial charge < -0.3 is 0 Å². The molecule has 0 saturated heterocycles. The molecule has 0 bridgehead atoms. The molecule has 2 rings (SSSR count). The Hall–Kier alpha value is -0.780.